The Morgan fingerprint density at radius 3 is 2.35 bits per heavy atom. The molecule has 7 nitrogen and oxygen atoms in total. The molecule has 126 valence electrons. The smallest absolute Gasteiger partial charge is 0.332 e. The number of aromatic nitrogens is 2. The molecule has 23 heavy (non-hydrogen) atoms. The summed E-state index contributed by atoms with van der Waals surface area (Å²) in [4.78, 5) is 38.8. The van der Waals surface area contributed by atoms with E-state index < -0.39 is 22.3 Å². The van der Waals surface area contributed by atoms with Gasteiger partial charge < -0.3 is 10.6 Å². The average molecular weight is 356 g/mol. The minimum Gasteiger partial charge on any atom is -0.384 e. The molecule has 2 heterocycles. The number of hydrogen-bond acceptors (Lipinski definition) is 6. The van der Waals surface area contributed by atoms with Crippen LogP contribution in [-0.4, -0.2) is 42.5 Å². The van der Waals surface area contributed by atoms with Gasteiger partial charge in [0.05, 0.1) is 5.25 Å². The van der Waals surface area contributed by atoms with Crippen molar-refractivity contribution in [2.24, 2.45) is 14.1 Å². The van der Waals surface area contributed by atoms with Gasteiger partial charge >= 0.3 is 5.69 Å². The molecule has 9 heteroatoms. The molecule has 2 N–H and O–H groups in total. The maximum Gasteiger partial charge on any atom is 0.332 e. The molecule has 1 fully saturated rings. The van der Waals surface area contributed by atoms with Crippen LogP contribution in [0.2, 0.25) is 0 Å². The number of hydrogen-bond donors (Lipinski definition) is 1. The predicted octanol–water partition coefficient (Wildman–Crippen LogP) is 0.351. The normalized spacial score (nSPS) is 15.7. The highest BCUT2D eigenvalue weighted by molar-refractivity contribution is 8.23. The third kappa shape index (κ3) is 3.35. The summed E-state index contributed by atoms with van der Waals surface area (Å²) in [7, 11) is 2.76. The van der Waals surface area contributed by atoms with Crippen LogP contribution in [0.15, 0.2) is 9.59 Å². The van der Waals surface area contributed by atoms with Crippen molar-refractivity contribution in [3.05, 3.63) is 26.4 Å². The number of likely N-dealkylation sites (tertiary alicyclic amines) is 1. The Kier molecular flexibility index (Phi) is 5.30. The Hall–Kier alpha value is -1.61. The highest BCUT2D eigenvalue weighted by Gasteiger charge is 2.27. The van der Waals surface area contributed by atoms with Crippen LogP contribution >= 0.6 is 24.0 Å². The number of nitrogens with two attached hydrogens (primary N) is 1. The number of anilines is 1. The van der Waals surface area contributed by atoms with Gasteiger partial charge in [0, 0.05) is 27.2 Å². The number of Topliss-reactive ketones (excluding diaryl/α,β-unsaturated/α-hetero) is 1. The summed E-state index contributed by atoms with van der Waals surface area (Å²) in [6.07, 6.45) is 2.19. The molecule has 1 aromatic rings. The highest BCUT2D eigenvalue weighted by atomic mass is 32.2. The maximum absolute atomic E-state index is 12.6. The van der Waals surface area contributed by atoms with Crippen LogP contribution in [0.4, 0.5) is 5.82 Å². The van der Waals surface area contributed by atoms with Gasteiger partial charge in [0.2, 0.25) is 0 Å². The summed E-state index contributed by atoms with van der Waals surface area (Å²) in [6, 6.07) is 0. The molecule has 0 aromatic carbocycles. The first kappa shape index (κ1) is 17.7. The van der Waals surface area contributed by atoms with Crippen molar-refractivity contribution in [2.45, 2.75) is 25.0 Å². The van der Waals surface area contributed by atoms with Gasteiger partial charge in [-0.3, -0.25) is 18.7 Å². The number of nitrogens with zero attached hydrogens (tertiary/aromatic N) is 3. The molecular formula is C14H20N4O3S2. The van der Waals surface area contributed by atoms with E-state index in [0.717, 1.165) is 35.1 Å². The lowest BCUT2D eigenvalue weighted by molar-refractivity contribution is 0.0992. The molecule has 1 atom stereocenters. The standard InChI is InChI=1S/C14H20N4O3S2/c1-8(23-14(22)18-6-4-5-7-18)10(19)9-11(15)16(2)13(21)17(3)12(9)20/h8H,4-7,15H2,1-3H3. The summed E-state index contributed by atoms with van der Waals surface area (Å²) < 4.78 is 2.65. The molecular weight excluding hydrogens is 336 g/mol. The topological polar surface area (TPSA) is 90.3 Å². The molecule has 1 unspecified atom stereocenters. The fourth-order valence-electron chi connectivity index (χ4n) is 2.47. The van der Waals surface area contributed by atoms with Gasteiger partial charge in [-0.1, -0.05) is 24.0 Å². The highest BCUT2D eigenvalue weighted by Crippen LogP contribution is 2.23. The molecule has 1 aromatic heterocycles. The van der Waals surface area contributed by atoms with E-state index in [1.165, 1.54) is 25.9 Å². The van der Waals surface area contributed by atoms with Crippen molar-refractivity contribution in [3.63, 3.8) is 0 Å². The molecule has 0 radical (unpaired) electrons. The van der Waals surface area contributed by atoms with Crippen LogP contribution in [0.1, 0.15) is 30.1 Å². The van der Waals surface area contributed by atoms with E-state index >= 15 is 0 Å². The number of ketones is 1. The fraction of sp³-hybridized carbons (Fsp3) is 0.571. The number of rotatable bonds is 3. The van der Waals surface area contributed by atoms with Crippen molar-refractivity contribution in [1.82, 2.24) is 14.0 Å². The van der Waals surface area contributed by atoms with Crippen molar-refractivity contribution < 1.29 is 4.79 Å². The van der Waals surface area contributed by atoms with Gasteiger partial charge in [-0.2, -0.15) is 0 Å². The zero-order valence-electron chi connectivity index (χ0n) is 13.4. The van der Waals surface area contributed by atoms with Crippen molar-refractivity contribution in [3.8, 4) is 0 Å². The zero-order valence-corrected chi connectivity index (χ0v) is 15.0. The number of carbonyl (C=O) groups is 1. The lowest BCUT2D eigenvalue weighted by Gasteiger charge is -2.20. The Bertz CT molecular complexity index is 763. The first-order valence-corrected chi connectivity index (χ1v) is 8.59. The SMILES string of the molecule is CC(SC(=S)N1CCCC1)C(=O)c1c(N)n(C)c(=O)n(C)c1=O. The number of nitrogen functional groups attached to an aromatic ring is 1. The van der Waals surface area contributed by atoms with Crippen molar-refractivity contribution >= 4 is 39.9 Å². The maximum atomic E-state index is 12.6. The second-order valence-electron chi connectivity index (χ2n) is 5.55. The van der Waals surface area contributed by atoms with E-state index in [0.29, 0.717) is 4.32 Å². The van der Waals surface area contributed by atoms with E-state index in [1.54, 1.807) is 6.92 Å². The summed E-state index contributed by atoms with van der Waals surface area (Å²) in [6.45, 7) is 3.49. The molecule has 0 bridgehead atoms. The quantitative estimate of drug-likeness (QED) is 0.617. The fourth-order valence-corrected chi connectivity index (χ4v) is 3.95. The first-order chi connectivity index (χ1) is 10.8. The second-order valence-corrected chi connectivity index (χ2v) is 7.53. The van der Waals surface area contributed by atoms with Gasteiger partial charge in [0.15, 0.2) is 5.78 Å². The van der Waals surface area contributed by atoms with Crippen molar-refractivity contribution in [1.29, 1.82) is 0 Å². The molecule has 0 saturated carbocycles. The van der Waals surface area contributed by atoms with Gasteiger partial charge in [-0.15, -0.1) is 0 Å². The van der Waals surface area contributed by atoms with Crippen molar-refractivity contribution in [2.75, 3.05) is 18.8 Å². The summed E-state index contributed by atoms with van der Waals surface area (Å²) in [5, 5.41) is -0.546. The largest absolute Gasteiger partial charge is 0.384 e. The Balaban J connectivity index is 2.28. The first-order valence-electron chi connectivity index (χ1n) is 7.31. The van der Waals surface area contributed by atoms with Gasteiger partial charge in [-0.25, -0.2) is 4.79 Å². The van der Waals surface area contributed by atoms with E-state index in [2.05, 4.69) is 4.90 Å². The molecule has 1 aliphatic heterocycles. The van der Waals surface area contributed by atoms with Gasteiger partial charge in [0.25, 0.3) is 5.56 Å². The third-order valence-electron chi connectivity index (χ3n) is 3.97. The van der Waals surface area contributed by atoms with Crippen LogP contribution in [0.5, 0.6) is 0 Å². The minimum atomic E-state index is -0.671. The molecule has 2 rings (SSSR count). The number of carbonyl (C=O) groups excluding carboxylic acids is 1. The van der Waals surface area contributed by atoms with E-state index in [1.807, 2.05) is 0 Å². The number of thiocarbonyl (C=S) groups is 1. The van der Waals surface area contributed by atoms with Gasteiger partial charge in [-0.05, 0) is 19.8 Å². The van der Waals surface area contributed by atoms with E-state index in [9.17, 15) is 14.4 Å². The molecule has 1 saturated heterocycles. The molecule has 0 aliphatic carbocycles. The van der Waals surface area contributed by atoms with Crippen LogP contribution in [-0.2, 0) is 14.1 Å². The summed E-state index contributed by atoms with van der Waals surface area (Å²) >= 11 is 6.61. The monoisotopic (exact) mass is 356 g/mol. The minimum absolute atomic E-state index is 0.109. The molecule has 1 aliphatic rings. The van der Waals surface area contributed by atoms with Gasteiger partial charge in [0.1, 0.15) is 15.7 Å². The van der Waals surface area contributed by atoms with Crippen LogP contribution < -0.4 is 17.0 Å². The average Bonchev–Trinajstić information content (AvgIpc) is 3.05. The number of thioether (sulfide) groups is 1. The molecule has 0 spiro atoms. The summed E-state index contributed by atoms with van der Waals surface area (Å²) in [5.74, 6) is -0.520. The second kappa shape index (κ2) is 6.88. The Labute approximate surface area is 143 Å². The Morgan fingerprint density at radius 1 is 1.22 bits per heavy atom. The van der Waals surface area contributed by atoms with Crippen LogP contribution in [0.25, 0.3) is 0 Å². The molecule has 0 amide bonds. The lowest BCUT2D eigenvalue weighted by Crippen LogP contribution is -2.42. The predicted molar refractivity (Wildman–Crippen MR) is 96.1 cm³/mol. The zero-order chi connectivity index (χ0) is 17.3. The van der Waals surface area contributed by atoms with Crippen LogP contribution in [0, 0.1) is 0 Å². The van der Waals surface area contributed by atoms with Crippen LogP contribution in [0.3, 0.4) is 0 Å². The summed E-state index contributed by atoms with van der Waals surface area (Å²) in [5.41, 5.74) is 4.44. The van der Waals surface area contributed by atoms with E-state index in [-0.39, 0.29) is 11.4 Å². The lowest BCUT2D eigenvalue weighted by atomic mass is 10.1. The Morgan fingerprint density at radius 2 is 1.78 bits per heavy atom. The third-order valence-corrected chi connectivity index (χ3v) is 5.54. The van der Waals surface area contributed by atoms with E-state index in [4.69, 9.17) is 18.0 Å².